The van der Waals surface area contributed by atoms with Crippen LogP contribution in [-0.2, 0) is 11.1 Å². The van der Waals surface area contributed by atoms with Gasteiger partial charge in [0.15, 0.2) is 17.0 Å². The SMILES string of the molecule is Cc1ccc(S(=O)O)c(N=C(N)N)c1. The van der Waals surface area contributed by atoms with E-state index in [0.717, 1.165) is 5.56 Å². The molecular formula is C8H11N3O2S. The largest absolute Gasteiger partial charge is 0.370 e. The fraction of sp³-hybridized carbons (Fsp3) is 0.125. The Kier molecular flexibility index (Phi) is 3.21. The number of guanidine groups is 1. The molecule has 76 valence electrons. The number of nitrogens with zero attached hydrogens (tertiary/aromatic N) is 1. The third-order valence-corrected chi connectivity index (χ3v) is 2.27. The molecule has 0 saturated carbocycles. The van der Waals surface area contributed by atoms with Gasteiger partial charge in [-0.3, -0.25) is 0 Å². The van der Waals surface area contributed by atoms with Gasteiger partial charge in [0.05, 0.1) is 10.6 Å². The molecule has 1 aromatic carbocycles. The first-order valence-corrected chi connectivity index (χ1v) is 4.92. The number of nitrogens with two attached hydrogens (primary N) is 2. The molecule has 0 aromatic heterocycles. The Labute approximate surface area is 84.1 Å². The van der Waals surface area contributed by atoms with E-state index in [9.17, 15) is 4.21 Å². The van der Waals surface area contributed by atoms with E-state index >= 15 is 0 Å². The predicted octanol–water partition coefficient (Wildman–Crippen LogP) is 0.481. The maximum Gasteiger partial charge on any atom is 0.191 e. The minimum Gasteiger partial charge on any atom is -0.370 e. The first-order valence-electron chi connectivity index (χ1n) is 3.82. The zero-order valence-electron chi connectivity index (χ0n) is 7.60. The molecule has 0 spiro atoms. The maximum atomic E-state index is 10.9. The molecule has 5 N–H and O–H groups in total. The Bertz CT molecular complexity index is 400. The van der Waals surface area contributed by atoms with Crippen LogP contribution in [0.25, 0.3) is 0 Å². The molecule has 1 rings (SSSR count). The van der Waals surface area contributed by atoms with Crippen molar-refractivity contribution >= 4 is 22.7 Å². The van der Waals surface area contributed by atoms with Crippen LogP contribution in [0.1, 0.15) is 5.56 Å². The van der Waals surface area contributed by atoms with Gasteiger partial charge >= 0.3 is 0 Å². The average Bonchev–Trinajstić information content (AvgIpc) is 2.01. The first-order chi connectivity index (χ1) is 6.50. The molecule has 6 heteroatoms. The highest BCUT2D eigenvalue weighted by molar-refractivity contribution is 7.79. The summed E-state index contributed by atoms with van der Waals surface area (Å²) in [5, 5.41) is 0. The Hall–Kier alpha value is -1.40. The van der Waals surface area contributed by atoms with E-state index < -0.39 is 11.1 Å². The van der Waals surface area contributed by atoms with Gasteiger partial charge < -0.3 is 16.0 Å². The van der Waals surface area contributed by atoms with Gasteiger partial charge in [-0.15, -0.1) is 0 Å². The van der Waals surface area contributed by atoms with Crippen molar-refractivity contribution in [1.82, 2.24) is 0 Å². The predicted molar refractivity (Wildman–Crippen MR) is 55.7 cm³/mol. The molecule has 1 unspecified atom stereocenters. The van der Waals surface area contributed by atoms with Crippen LogP contribution in [-0.4, -0.2) is 14.7 Å². The molecule has 0 radical (unpaired) electrons. The summed E-state index contributed by atoms with van der Waals surface area (Å²) in [5.74, 6) is -0.137. The zero-order chi connectivity index (χ0) is 10.7. The maximum absolute atomic E-state index is 10.9. The van der Waals surface area contributed by atoms with E-state index in [2.05, 4.69) is 4.99 Å². The lowest BCUT2D eigenvalue weighted by Gasteiger charge is -2.02. The second-order valence-electron chi connectivity index (χ2n) is 2.76. The molecule has 5 nitrogen and oxygen atoms in total. The van der Waals surface area contributed by atoms with Gasteiger partial charge in [0.25, 0.3) is 0 Å². The van der Waals surface area contributed by atoms with Crippen molar-refractivity contribution in [2.24, 2.45) is 16.5 Å². The van der Waals surface area contributed by atoms with Crippen LogP contribution < -0.4 is 11.5 Å². The molecule has 0 amide bonds. The smallest absolute Gasteiger partial charge is 0.191 e. The Balaban J connectivity index is 3.30. The normalized spacial score (nSPS) is 12.1. The van der Waals surface area contributed by atoms with Crippen LogP contribution in [0, 0.1) is 6.92 Å². The lowest BCUT2D eigenvalue weighted by molar-refractivity contribution is 0.564. The highest BCUT2D eigenvalue weighted by atomic mass is 32.2. The van der Waals surface area contributed by atoms with E-state index in [1.165, 1.54) is 6.07 Å². The van der Waals surface area contributed by atoms with Crippen LogP contribution in [0.3, 0.4) is 0 Å². The summed E-state index contributed by atoms with van der Waals surface area (Å²) >= 11 is -2.08. The standard InChI is InChI=1S/C8H11N3O2S/c1-5-2-3-7(14(12)13)6(4-5)11-8(9)10/h2-4H,1H3,(H,12,13)(H4,9,10,11). The number of hydrogen-bond donors (Lipinski definition) is 3. The van der Waals surface area contributed by atoms with Crippen molar-refractivity contribution in [3.63, 3.8) is 0 Å². The highest BCUT2D eigenvalue weighted by Gasteiger charge is 2.07. The van der Waals surface area contributed by atoms with Gasteiger partial charge in [-0.1, -0.05) is 6.07 Å². The molecule has 0 fully saturated rings. The van der Waals surface area contributed by atoms with Crippen molar-refractivity contribution in [3.8, 4) is 0 Å². The Morgan fingerprint density at radius 1 is 1.50 bits per heavy atom. The third kappa shape index (κ3) is 2.54. The van der Waals surface area contributed by atoms with E-state index in [1.54, 1.807) is 12.1 Å². The molecule has 0 saturated heterocycles. The van der Waals surface area contributed by atoms with Gasteiger partial charge in [-0.05, 0) is 24.6 Å². The van der Waals surface area contributed by atoms with Gasteiger partial charge in [0, 0.05) is 0 Å². The average molecular weight is 213 g/mol. The van der Waals surface area contributed by atoms with Crippen LogP contribution in [0.15, 0.2) is 28.1 Å². The van der Waals surface area contributed by atoms with Gasteiger partial charge in [0.1, 0.15) is 0 Å². The van der Waals surface area contributed by atoms with Crippen molar-refractivity contribution in [3.05, 3.63) is 23.8 Å². The molecule has 1 atom stereocenters. The Morgan fingerprint density at radius 3 is 2.64 bits per heavy atom. The molecule has 14 heavy (non-hydrogen) atoms. The van der Waals surface area contributed by atoms with Crippen molar-refractivity contribution in [2.45, 2.75) is 11.8 Å². The van der Waals surface area contributed by atoms with Gasteiger partial charge in [0.2, 0.25) is 0 Å². The second kappa shape index (κ2) is 4.21. The summed E-state index contributed by atoms with van der Waals surface area (Å²) in [6.07, 6.45) is 0. The minimum atomic E-state index is -2.08. The first kappa shape index (κ1) is 10.7. The van der Waals surface area contributed by atoms with Crippen LogP contribution in [0.5, 0.6) is 0 Å². The summed E-state index contributed by atoms with van der Waals surface area (Å²) in [5.41, 5.74) is 11.6. The summed E-state index contributed by atoms with van der Waals surface area (Å²) in [6.45, 7) is 1.84. The quantitative estimate of drug-likeness (QED) is 0.378. The van der Waals surface area contributed by atoms with Crippen LogP contribution in [0.2, 0.25) is 0 Å². The van der Waals surface area contributed by atoms with Crippen molar-refractivity contribution in [2.75, 3.05) is 0 Å². The van der Waals surface area contributed by atoms with Crippen molar-refractivity contribution < 1.29 is 8.76 Å². The number of aliphatic imine (C=N–C) groups is 1. The van der Waals surface area contributed by atoms with Crippen LogP contribution in [0.4, 0.5) is 5.69 Å². The summed E-state index contributed by atoms with van der Waals surface area (Å²) in [6, 6.07) is 4.88. The molecule has 0 aliphatic rings. The van der Waals surface area contributed by atoms with E-state index in [4.69, 9.17) is 16.0 Å². The molecule has 0 aliphatic carbocycles. The van der Waals surface area contributed by atoms with Crippen LogP contribution >= 0.6 is 0 Å². The fourth-order valence-corrected chi connectivity index (χ4v) is 1.47. The van der Waals surface area contributed by atoms with Gasteiger partial charge in [-0.2, -0.15) is 0 Å². The molecule has 0 heterocycles. The summed E-state index contributed by atoms with van der Waals surface area (Å²) in [7, 11) is 0. The lowest BCUT2D eigenvalue weighted by Crippen LogP contribution is -2.22. The Morgan fingerprint density at radius 2 is 2.14 bits per heavy atom. The molecule has 0 bridgehead atoms. The molecule has 0 aliphatic heterocycles. The fourth-order valence-electron chi connectivity index (χ4n) is 1.00. The number of hydrogen-bond acceptors (Lipinski definition) is 2. The second-order valence-corrected chi connectivity index (χ2v) is 3.70. The number of benzene rings is 1. The molecule has 1 aromatic rings. The number of aryl methyl sites for hydroxylation is 1. The van der Waals surface area contributed by atoms with E-state index in [-0.39, 0.29) is 10.9 Å². The number of rotatable bonds is 2. The highest BCUT2D eigenvalue weighted by Crippen LogP contribution is 2.23. The minimum absolute atomic E-state index is 0.137. The molecular weight excluding hydrogens is 202 g/mol. The topological polar surface area (TPSA) is 102 Å². The van der Waals surface area contributed by atoms with Crippen molar-refractivity contribution in [1.29, 1.82) is 0 Å². The third-order valence-electron chi connectivity index (χ3n) is 1.55. The lowest BCUT2D eigenvalue weighted by atomic mass is 10.2. The van der Waals surface area contributed by atoms with E-state index in [1.807, 2.05) is 6.92 Å². The monoisotopic (exact) mass is 213 g/mol. The summed E-state index contributed by atoms with van der Waals surface area (Å²) < 4.78 is 19.8. The summed E-state index contributed by atoms with van der Waals surface area (Å²) in [4.78, 5) is 3.96. The zero-order valence-corrected chi connectivity index (χ0v) is 8.41. The van der Waals surface area contributed by atoms with Gasteiger partial charge in [-0.25, -0.2) is 9.20 Å². The van der Waals surface area contributed by atoms with E-state index in [0.29, 0.717) is 5.69 Å².